The van der Waals surface area contributed by atoms with Gasteiger partial charge in [0.15, 0.2) is 11.5 Å². The summed E-state index contributed by atoms with van der Waals surface area (Å²) in [7, 11) is 3.25. The maximum Gasteiger partial charge on any atom is 0.162 e. The van der Waals surface area contributed by atoms with Gasteiger partial charge in [-0.2, -0.15) is 0 Å². The number of pyridine rings is 1. The Morgan fingerprint density at radius 3 is 2.50 bits per heavy atom. The van der Waals surface area contributed by atoms with Gasteiger partial charge in [0.1, 0.15) is 10.8 Å². The normalized spacial score (nSPS) is 11.6. The van der Waals surface area contributed by atoms with E-state index in [1.807, 2.05) is 42.5 Å². The molecule has 6 heteroatoms. The Bertz CT molecular complexity index is 858. The fraction of sp³-hybridized carbons (Fsp3) is 0.111. The van der Waals surface area contributed by atoms with E-state index in [9.17, 15) is 0 Å². The van der Waals surface area contributed by atoms with Crippen LogP contribution >= 0.6 is 11.3 Å². The number of thiazole rings is 1. The first-order valence-corrected chi connectivity index (χ1v) is 8.10. The lowest BCUT2D eigenvalue weighted by Gasteiger charge is -2.05. The number of nitrogens with zero attached hydrogens (tertiary/aromatic N) is 2. The zero-order chi connectivity index (χ0) is 16.9. The van der Waals surface area contributed by atoms with Gasteiger partial charge in [0.2, 0.25) is 0 Å². The van der Waals surface area contributed by atoms with Gasteiger partial charge in [-0.3, -0.25) is 0 Å². The van der Waals surface area contributed by atoms with Crippen molar-refractivity contribution in [3.05, 3.63) is 53.2 Å². The van der Waals surface area contributed by atoms with Crippen LogP contribution in [0.1, 0.15) is 10.6 Å². The standard InChI is InChI=1S/C18H17N3O2S/c1-22-14-9-13-16(10-15(14)23-2)24-18(21-13)6-4-3-5-12-7-8-17(19)20-11-12/h3-11H,1-2H3,(H2,19,20)/b5-3+,6-4+. The molecule has 0 aliphatic rings. The van der Waals surface area contributed by atoms with Crippen molar-refractivity contribution >= 4 is 39.5 Å². The van der Waals surface area contributed by atoms with Crippen molar-refractivity contribution in [3.63, 3.8) is 0 Å². The first kappa shape index (κ1) is 16.0. The number of anilines is 1. The second kappa shape index (κ2) is 7.14. The van der Waals surface area contributed by atoms with Gasteiger partial charge >= 0.3 is 0 Å². The van der Waals surface area contributed by atoms with Crippen LogP contribution < -0.4 is 15.2 Å². The van der Waals surface area contributed by atoms with Crippen molar-refractivity contribution < 1.29 is 9.47 Å². The smallest absolute Gasteiger partial charge is 0.162 e. The number of nitrogens with two attached hydrogens (primary N) is 1. The molecule has 122 valence electrons. The molecule has 2 N–H and O–H groups in total. The van der Waals surface area contributed by atoms with Gasteiger partial charge in [0.05, 0.1) is 24.4 Å². The first-order valence-electron chi connectivity index (χ1n) is 7.28. The molecule has 0 aliphatic carbocycles. The quantitative estimate of drug-likeness (QED) is 0.711. The van der Waals surface area contributed by atoms with Gasteiger partial charge in [-0.15, -0.1) is 11.3 Å². The van der Waals surface area contributed by atoms with Crippen molar-refractivity contribution in [2.45, 2.75) is 0 Å². The SMILES string of the molecule is COc1cc2nc(/C=C/C=C/c3ccc(N)nc3)sc2cc1OC. The summed E-state index contributed by atoms with van der Waals surface area (Å²) >= 11 is 1.60. The van der Waals surface area contributed by atoms with Crippen molar-refractivity contribution in [3.8, 4) is 11.5 Å². The summed E-state index contributed by atoms with van der Waals surface area (Å²) in [5, 5.41) is 0.917. The predicted octanol–water partition coefficient (Wildman–Crippen LogP) is 4.02. The molecule has 0 saturated heterocycles. The molecule has 2 aromatic heterocycles. The Labute approximate surface area is 144 Å². The van der Waals surface area contributed by atoms with E-state index in [1.54, 1.807) is 37.8 Å². The lowest BCUT2D eigenvalue weighted by atomic mass is 10.2. The molecule has 0 saturated carbocycles. The van der Waals surface area contributed by atoms with E-state index in [2.05, 4.69) is 9.97 Å². The Hall–Kier alpha value is -2.86. The molecule has 0 bridgehead atoms. The number of benzene rings is 1. The molecular weight excluding hydrogens is 322 g/mol. The lowest BCUT2D eigenvalue weighted by molar-refractivity contribution is 0.356. The molecule has 3 aromatic rings. The summed E-state index contributed by atoms with van der Waals surface area (Å²) in [6.45, 7) is 0. The second-order valence-electron chi connectivity index (χ2n) is 4.96. The van der Waals surface area contributed by atoms with Gasteiger partial charge in [0.25, 0.3) is 0 Å². The number of fused-ring (bicyclic) bond motifs is 1. The van der Waals surface area contributed by atoms with E-state index in [-0.39, 0.29) is 0 Å². The highest BCUT2D eigenvalue weighted by atomic mass is 32.1. The number of nitrogen functional groups attached to an aromatic ring is 1. The summed E-state index contributed by atoms with van der Waals surface area (Å²) in [6, 6.07) is 7.53. The van der Waals surface area contributed by atoms with Crippen LogP contribution in [0.2, 0.25) is 0 Å². The number of methoxy groups -OCH3 is 2. The molecule has 0 unspecified atom stereocenters. The molecule has 3 rings (SSSR count). The summed E-state index contributed by atoms with van der Waals surface area (Å²) in [6.07, 6.45) is 9.55. The number of rotatable bonds is 5. The minimum absolute atomic E-state index is 0.517. The van der Waals surface area contributed by atoms with Crippen LogP contribution in [0.5, 0.6) is 11.5 Å². The number of allylic oxidation sites excluding steroid dienone is 2. The van der Waals surface area contributed by atoms with Gasteiger partial charge < -0.3 is 15.2 Å². The second-order valence-corrected chi connectivity index (χ2v) is 6.02. The monoisotopic (exact) mass is 339 g/mol. The highest BCUT2D eigenvalue weighted by Gasteiger charge is 2.09. The van der Waals surface area contributed by atoms with Crippen LogP contribution in [-0.2, 0) is 0 Å². The van der Waals surface area contributed by atoms with E-state index >= 15 is 0 Å². The van der Waals surface area contributed by atoms with Crippen LogP contribution in [-0.4, -0.2) is 24.2 Å². The fourth-order valence-electron chi connectivity index (χ4n) is 2.16. The molecule has 0 fully saturated rings. The van der Waals surface area contributed by atoms with E-state index in [0.29, 0.717) is 17.3 Å². The third-order valence-corrected chi connectivity index (χ3v) is 4.34. The average molecular weight is 339 g/mol. The third-order valence-electron chi connectivity index (χ3n) is 3.36. The van der Waals surface area contributed by atoms with E-state index in [1.165, 1.54) is 0 Å². The van der Waals surface area contributed by atoms with Crippen molar-refractivity contribution in [2.24, 2.45) is 0 Å². The Kier molecular flexibility index (Phi) is 4.77. The largest absolute Gasteiger partial charge is 0.493 e. The Morgan fingerprint density at radius 1 is 1.04 bits per heavy atom. The fourth-order valence-corrected chi connectivity index (χ4v) is 3.06. The Balaban J connectivity index is 1.78. The molecule has 1 aromatic carbocycles. The van der Waals surface area contributed by atoms with Crippen LogP contribution in [0.3, 0.4) is 0 Å². The molecular formula is C18H17N3O2S. The molecule has 5 nitrogen and oxygen atoms in total. The molecule has 0 radical (unpaired) electrons. The topological polar surface area (TPSA) is 70.3 Å². The van der Waals surface area contributed by atoms with Crippen molar-refractivity contribution in [1.82, 2.24) is 9.97 Å². The van der Waals surface area contributed by atoms with Gasteiger partial charge in [-0.05, 0) is 23.8 Å². The average Bonchev–Trinajstić information content (AvgIpc) is 3.00. The van der Waals surface area contributed by atoms with Crippen LogP contribution in [0.25, 0.3) is 22.4 Å². The van der Waals surface area contributed by atoms with Crippen LogP contribution in [0.4, 0.5) is 5.82 Å². The highest BCUT2D eigenvalue weighted by Crippen LogP contribution is 2.34. The van der Waals surface area contributed by atoms with E-state index < -0.39 is 0 Å². The third kappa shape index (κ3) is 3.55. The molecule has 24 heavy (non-hydrogen) atoms. The molecule has 0 amide bonds. The number of ether oxygens (including phenoxy) is 2. The summed E-state index contributed by atoms with van der Waals surface area (Å²) in [4.78, 5) is 8.63. The lowest BCUT2D eigenvalue weighted by Crippen LogP contribution is -1.89. The summed E-state index contributed by atoms with van der Waals surface area (Å²) in [5.41, 5.74) is 7.45. The zero-order valence-electron chi connectivity index (χ0n) is 13.4. The maximum atomic E-state index is 5.56. The number of hydrogen-bond acceptors (Lipinski definition) is 6. The Morgan fingerprint density at radius 2 is 1.79 bits per heavy atom. The number of hydrogen-bond donors (Lipinski definition) is 1. The van der Waals surface area contributed by atoms with Gasteiger partial charge in [-0.1, -0.05) is 18.2 Å². The predicted molar refractivity (Wildman–Crippen MR) is 99.4 cm³/mol. The molecule has 2 heterocycles. The number of aromatic nitrogens is 2. The van der Waals surface area contributed by atoms with Crippen LogP contribution in [0.15, 0.2) is 42.6 Å². The maximum absolute atomic E-state index is 5.56. The summed E-state index contributed by atoms with van der Waals surface area (Å²) < 4.78 is 11.7. The van der Waals surface area contributed by atoms with Crippen molar-refractivity contribution in [2.75, 3.05) is 20.0 Å². The van der Waals surface area contributed by atoms with Gasteiger partial charge in [-0.25, -0.2) is 9.97 Å². The van der Waals surface area contributed by atoms with E-state index in [4.69, 9.17) is 15.2 Å². The highest BCUT2D eigenvalue weighted by molar-refractivity contribution is 7.19. The van der Waals surface area contributed by atoms with Crippen LogP contribution in [0, 0.1) is 0 Å². The minimum Gasteiger partial charge on any atom is -0.493 e. The zero-order valence-corrected chi connectivity index (χ0v) is 14.2. The molecule has 0 aliphatic heterocycles. The van der Waals surface area contributed by atoms with Gasteiger partial charge in [0, 0.05) is 18.3 Å². The van der Waals surface area contributed by atoms with E-state index in [0.717, 1.165) is 20.8 Å². The summed E-state index contributed by atoms with van der Waals surface area (Å²) in [5.74, 6) is 1.91. The molecule has 0 atom stereocenters. The first-order chi connectivity index (χ1) is 11.7. The van der Waals surface area contributed by atoms with Crippen molar-refractivity contribution in [1.29, 1.82) is 0 Å². The molecule has 0 spiro atoms. The minimum atomic E-state index is 0.517.